The third-order valence-electron chi connectivity index (χ3n) is 4.02. The summed E-state index contributed by atoms with van der Waals surface area (Å²) in [7, 11) is 0. The number of amides is 2. The van der Waals surface area contributed by atoms with Gasteiger partial charge in [0.25, 0.3) is 11.8 Å². The van der Waals surface area contributed by atoms with E-state index in [4.69, 9.17) is 4.52 Å². The Morgan fingerprint density at radius 3 is 2.15 bits per heavy atom. The van der Waals surface area contributed by atoms with Crippen molar-refractivity contribution >= 4 is 23.3 Å². The quantitative estimate of drug-likeness (QED) is 0.742. The molecule has 0 fully saturated rings. The summed E-state index contributed by atoms with van der Waals surface area (Å²) < 4.78 is 4.92. The van der Waals surface area contributed by atoms with Gasteiger partial charge in [0.2, 0.25) is 0 Å². The second-order valence-corrected chi connectivity index (χ2v) is 6.11. The molecule has 0 spiro atoms. The maximum absolute atomic E-state index is 12.5. The van der Waals surface area contributed by atoms with E-state index >= 15 is 0 Å². The van der Waals surface area contributed by atoms with E-state index in [2.05, 4.69) is 15.8 Å². The van der Waals surface area contributed by atoms with E-state index in [-0.39, 0.29) is 11.8 Å². The SMILES string of the molecule is Cc1cc(NC(=O)c2cccc(C(=O)Nc3ccc(C)c(C)c3)c2)no1. The number of carbonyl (C=O) groups excluding carboxylic acids is 2. The number of rotatable bonds is 4. The molecule has 0 unspecified atom stereocenters. The van der Waals surface area contributed by atoms with Gasteiger partial charge in [-0.25, -0.2) is 0 Å². The molecule has 6 heteroatoms. The topological polar surface area (TPSA) is 84.2 Å². The van der Waals surface area contributed by atoms with E-state index in [9.17, 15) is 9.59 Å². The van der Waals surface area contributed by atoms with Crippen molar-refractivity contribution in [3.05, 3.63) is 76.5 Å². The number of nitrogens with one attached hydrogen (secondary N) is 2. The predicted octanol–water partition coefficient (Wildman–Crippen LogP) is 4.10. The van der Waals surface area contributed by atoms with Gasteiger partial charge in [-0.05, 0) is 62.2 Å². The van der Waals surface area contributed by atoms with E-state index in [0.717, 1.165) is 11.1 Å². The van der Waals surface area contributed by atoms with Crippen molar-refractivity contribution in [1.29, 1.82) is 0 Å². The number of benzene rings is 2. The Bertz CT molecular complexity index is 976. The molecule has 2 aromatic carbocycles. The van der Waals surface area contributed by atoms with Crippen LogP contribution in [-0.2, 0) is 0 Å². The van der Waals surface area contributed by atoms with Crippen molar-refractivity contribution in [3.8, 4) is 0 Å². The number of aryl methyl sites for hydroxylation is 3. The third kappa shape index (κ3) is 3.97. The summed E-state index contributed by atoms with van der Waals surface area (Å²) in [5, 5.41) is 9.20. The molecule has 0 saturated heterocycles. The molecule has 0 aliphatic carbocycles. The summed E-state index contributed by atoms with van der Waals surface area (Å²) in [6.45, 7) is 5.74. The number of hydrogen-bond donors (Lipinski definition) is 2. The summed E-state index contributed by atoms with van der Waals surface area (Å²) in [6.07, 6.45) is 0. The molecule has 2 amide bonds. The molecule has 2 N–H and O–H groups in total. The Labute approximate surface area is 151 Å². The van der Waals surface area contributed by atoms with Crippen LogP contribution in [0.5, 0.6) is 0 Å². The minimum absolute atomic E-state index is 0.278. The first-order chi connectivity index (χ1) is 12.4. The lowest BCUT2D eigenvalue weighted by atomic mass is 10.1. The van der Waals surface area contributed by atoms with Crippen LogP contribution in [0.4, 0.5) is 11.5 Å². The minimum Gasteiger partial charge on any atom is -0.360 e. The van der Waals surface area contributed by atoms with Crippen LogP contribution >= 0.6 is 0 Å². The number of hydrogen-bond acceptors (Lipinski definition) is 4. The first-order valence-corrected chi connectivity index (χ1v) is 8.16. The fraction of sp³-hybridized carbons (Fsp3) is 0.150. The Balaban J connectivity index is 1.74. The summed E-state index contributed by atoms with van der Waals surface area (Å²) in [6, 6.07) is 13.8. The Hall–Kier alpha value is -3.41. The van der Waals surface area contributed by atoms with Gasteiger partial charge in [0.05, 0.1) is 0 Å². The molecule has 0 radical (unpaired) electrons. The highest BCUT2D eigenvalue weighted by molar-refractivity contribution is 6.08. The van der Waals surface area contributed by atoms with Crippen molar-refractivity contribution in [2.24, 2.45) is 0 Å². The molecule has 0 atom stereocenters. The highest BCUT2D eigenvalue weighted by atomic mass is 16.5. The van der Waals surface area contributed by atoms with Gasteiger partial charge in [-0.3, -0.25) is 9.59 Å². The number of anilines is 2. The van der Waals surface area contributed by atoms with Crippen LogP contribution in [0.25, 0.3) is 0 Å². The maximum Gasteiger partial charge on any atom is 0.256 e. The summed E-state index contributed by atoms with van der Waals surface area (Å²) in [5.41, 5.74) is 3.72. The van der Waals surface area contributed by atoms with Gasteiger partial charge in [-0.1, -0.05) is 17.3 Å². The van der Waals surface area contributed by atoms with E-state index < -0.39 is 0 Å². The van der Waals surface area contributed by atoms with Crippen LogP contribution in [0, 0.1) is 20.8 Å². The van der Waals surface area contributed by atoms with Crippen molar-refractivity contribution in [1.82, 2.24) is 5.16 Å². The summed E-state index contributed by atoms with van der Waals surface area (Å²) >= 11 is 0. The maximum atomic E-state index is 12.5. The van der Waals surface area contributed by atoms with Crippen LogP contribution in [0.1, 0.15) is 37.6 Å². The molecule has 6 nitrogen and oxygen atoms in total. The van der Waals surface area contributed by atoms with Gasteiger partial charge >= 0.3 is 0 Å². The molecule has 0 aliphatic rings. The number of nitrogens with zero attached hydrogens (tertiary/aromatic N) is 1. The molecule has 1 aromatic heterocycles. The lowest BCUT2D eigenvalue weighted by molar-refractivity contribution is 0.102. The van der Waals surface area contributed by atoms with Crippen LogP contribution in [0.2, 0.25) is 0 Å². The molecule has 0 aliphatic heterocycles. The van der Waals surface area contributed by atoms with Crippen molar-refractivity contribution in [3.63, 3.8) is 0 Å². The van der Waals surface area contributed by atoms with E-state index in [1.165, 1.54) is 0 Å². The fourth-order valence-corrected chi connectivity index (χ4v) is 2.44. The molecule has 3 aromatic rings. The molecular formula is C20H19N3O3. The van der Waals surface area contributed by atoms with Gasteiger partial charge in [-0.2, -0.15) is 0 Å². The molecule has 26 heavy (non-hydrogen) atoms. The van der Waals surface area contributed by atoms with Crippen molar-refractivity contribution in [2.45, 2.75) is 20.8 Å². The highest BCUT2D eigenvalue weighted by Crippen LogP contribution is 2.16. The van der Waals surface area contributed by atoms with Gasteiger partial charge in [0, 0.05) is 22.9 Å². The van der Waals surface area contributed by atoms with Crippen LogP contribution < -0.4 is 10.6 Å². The zero-order chi connectivity index (χ0) is 18.7. The van der Waals surface area contributed by atoms with Crippen molar-refractivity contribution in [2.75, 3.05) is 10.6 Å². The van der Waals surface area contributed by atoms with Crippen molar-refractivity contribution < 1.29 is 14.1 Å². The largest absolute Gasteiger partial charge is 0.360 e. The Kier molecular flexibility index (Phi) is 4.84. The van der Waals surface area contributed by atoms with Gasteiger partial charge in [0.15, 0.2) is 5.82 Å². The molecule has 3 rings (SSSR count). The number of aromatic nitrogens is 1. The zero-order valence-electron chi connectivity index (χ0n) is 14.8. The molecule has 1 heterocycles. The molecule has 132 valence electrons. The molecule has 0 saturated carbocycles. The molecule has 0 bridgehead atoms. The first kappa shape index (κ1) is 17.4. The summed E-state index contributed by atoms with van der Waals surface area (Å²) in [4.78, 5) is 24.8. The monoisotopic (exact) mass is 349 g/mol. The van der Waals surface area contributed by atoms with Crippen LogP contribution in [-0.4, -0.2) is 17.0 Å². The standard InChI is InChI=1S/C20H19N3O3/c1-12-7-8-17(9-13(12)2)21-19(24)15-5-4-6-16(11-15)20(25)22-18-10-14(3)26-23-18/h4-11H,1-3H3,(H,21,24)(H,22,23,25). The first-order valence-electron chi connectivity index (χ1n) is 8.16. The van der Waals surface area contributed by atoms with E-state index in [0.29, 0.717) is 28.4 Å². The van der Waals surface area contributed by atoms with Crippen LogP contribution in [0.15, 0.2) is 53.1 Å². The normalized spacial score (nSPS) is 10.4. The predicted molar refractivity (Wildman–Crippen MR) is 99.5 cm³/mol. The average Bonchev–Trinajstić information content (AvgIpc) is 3.03. The Morgan fingerprint density at radius 1 is 0.846 bits per heavy atom. The summed E-state index contributed by atoms with van der Waals surface area (Å²) in [5.74, 6) is 0.290. The van der Waals surface area contributed by atoms with E-state index in [1.807, 2.05) is 32.0 Å². The van der Waals surface area contributed by atoms with Gasteiger partial charge < -0.3 is 15.2 Å². The lowest BCUT2D eigenvalue weighted by Crippen LogP contribution is -2.15. The second kappa shape index (κ2) is 7.23. The highest BCUT2D eigenvalue weighted by Gasteiger charge is 2.12. The van der Waals surface area contributed by atoms with Crippen LogP contribution in [0.3, 0.4) is 0 Å². The van der Waals surface area contributed by atoms with Gasteiger partial charge in [-0.15, -0.1) is 0 Å². The van der Waals surface area contributed by atoms with E-state index in [1.54, 1.807) is 37.3 Å². The smallest absolute Gasteiger partial charge is 0.256 e. The minimum atomic E-state index is -0.362. The fourth-order valence-electron chi connectivity index (χ4n) is 2.44. The zero-order valence-corrected chi connectivity index (χ0v) is 14.8. The average molecular weight is 349 g/mol. The van der Waals surface area contributed by atoms with Gasteiger partial charge in [0.1, 0.15) is 5.76 Å². The second-order valence-electron chi connectivity index (χ2n) is 6.11. The third-order valence-corrected chi connectivity index (χ3v) is 4.02. The molecular weight excluding hydrogens is 330 g/mol. The Morgan fingerprint density at radius 2 is 1.54 bits per heavy atom. The number of carbonyl (C=O) groups is 2. The lowest BCUT2D eigenvalue weighted by Gasteiger charge is -2.09.